The van der Waals surface area contributed by atoms with Gasteiger partial charge in [-0.15, -0.1) is 0 Å². The number of carbonyl (C=O) groups is 2. The highest BCUT2D eigenvalue weighted by Gasteiger charge is 2.33. The summed E-state index contributed by atoms with van der Waals surface area (Å²) in [5.74, 6) is -0.386. The fourth-order valence-corrected chi connectivity index (χ4v) is 3.50. The van der Waals surface area contributed by atoms with Crippen LogP contribution in [0.15, 0.2) is 24.3 Å². The van der Waals surface area contributed by atoms with Gasteiger partial charge in [0.25, 0.3) is 0 Å². The normalized spacial score (nSPS) is 18.5. The Morgan fingerprint density at radius 3 is 2.71 bits per heavy atom. The molecule has 0 aliphatic carbocycles. The molecule has 0 aromatic heterocycles. The predicted octanol–water partition coefficient (Wildman–Crippen LogP) is 4.61. The summed E-state index contributed by atoms with van der Waals surface area (Å²) in [6.07, 6.45) is 1.02. The SMILES string of the molecule is CCOC(=O)CO[C@H](c1cccc(Cl)c1)[C@H]1CCCN(C(=O)OC(C)(C)C)C1. The van der Waals surface area contributed by atoms with Gasteiger partial charge in [0.2, 0.25) is 0 Å². The molecular formula is C21H30ClNO5. The highest BCUT2D eigenvalue weighted by molar-refractivity contribution is 6.30. The van der Waals surface area contributed by atoms with Crippen LogP contribution < -0.4 is 0 Å². The number of esters is 1. The van der Waals surface area contributed by atoms with Gasteiger partial charge >= 0.3 is 12.1 Å². The van der Waals surface area contributed by atoms with Crippen molar-refractivity contribution in [2.75, 3.05) is 26.3 Å². The van der Waals surface area contributed by atoms with E-state index >= 15 is 0 Å². The number of benzene rings is 1. The third kappa shape index (κ3) is 6.99. The Labute approximate surface area is 172 Å². The Hall–Kier alpha value is -1.79. The van der Waals surface area contributed by atoms with Crippen molar-refractivity contribution in [1.29, 1.82) is 0 Å². The van der Waals surface area contributed by atoms with Gasteiger partial charge in [-0.3, -0.25) is 0 Å². The average Bonchev–Trinajstić information content (AvgIpc) is 2.61. The molecule has 2 rings (SSSR count). The molecule has 1 heterocycles. The van der Waals surface area contributed by atoms with Gasteiger partial charge in [-0.25, -0.2) is 9.59 Å². The average molecular weight is 412 g/mol. The standard InChI is InChI=1S/C21H30ClNO5/c1-5-26-18(24)14-27-19(15-8-6-10-17(22)12-15)16-9-7-11-23(13-16)20(25)28-21(2,3)4/h6,8,10,12,16,19H,5,7,9,11,13-14H2,1-4H3/t16-,19+/m0/s1. The van der Waals surface area contributed by atoms with Crippen molar-refractivity contribution in [3.05, 3.63) is 34.9 Å². The summed E-state index contributed by atoms with van der Waals surface area (Å²) >= 11 is 6.16. The fraction of sp³-hybridized carbons (Fsp3) is 0.619. The molecule has 1 aromatic carbocycles. The zero-order valence-electron chi connectivity index (χ0n) is 17.1. The molecular weight excluding hydrogens is 382 g/mol. The van der Waals surface area contributed by atoms with Crippen LogP contribution in [0.1, 0.15) is 52.2 Å². The number of halogens is 1. The van der Waals surface area contributed by atoms with Crippen LogP contribution in [-0.2, 0) is 19.0 Å². The molecule has 1 aliphatic rings. The molecule has 0 spiro atoms. The Bertz CT molecular complexity index is 673. The van der Waals surface area contributed by atoms with Gasteiger partial charge < -0.3 is 19.1 Å². The second-order valence-electron chi connectivity index (χ2n) is 7.92. The van der Waals surface area contributed by atoms with Crippen LogP contribution >= 0.6 is 11.6 Å². The van der Waals surface area contributed by atoms with Gasteiger partial charge in [0.05, 0.1) is 12.7 Å². The molecule has 0 bridgehead atoms. The fourth-order valence-electron chi connectivity index (χ4n) is 3.30. The molecule has 1 aliphatic heterocycles. The number of piperidine rings is 1. The smallest absolute Gasteiger partial charge is 0.410 e. The lowest BCUT2D eigenvalue weighted by Crippen LogP contribution is -2.44. The minimum atomic E-state index is -0.545. The van der Waals surface area contributed by atoms with E-state index in [1.54, 1.807) is 17.9 Å². The number of ether oxygens (including phenoxy) is 3. The minimum Gasteiger partial charge on any atom is -0.464 e. The molecule has 1 aromatic rings. The minimum absolute atomic E-state index is 0.0224. The van der Waals surface area contributed by atoms with Gasteiger partial charge in [0, 0.05) is 24.0 Å². The van der Waals surface area contributed by atoms with Crippen molar-refractivity contribution in [3.8, 4) is 0 Å². The molecule has 2 atom stereocenters. The molecule has 1 saturated heterocycles. The van der Waals surface area contributed by atoms with E-state index in [9.17, 15) is 9.59 Å². The van der Waals surface area contributed by atoms with Gasteiger partial charge in [0.15, 0.2) is 0 Å². The molecule has 156 valence electrons. The maximum Gasteiger partial charge on any atom is 0.410 e. The van der Waals surface area contributed by atoms with E-state index in [-0.39, 0.29) is 24.7 Å². The summed E-state index contributed by atoms with van der Waals surface area (Å²) in [7, 11) is 0. The maximum absolute atomic E-state index is 12.5. The highest BCUT2D eigenvalue weighted by Crippen LogP contribution is 2.34. The summed E-state index contributed by atoms with van der Waals surface area (Å²) < 4.78 is 16.4. The van der Waals surface area contributed by atoms with Crippen molar-refractivity contribution in [3.63, 3.8) is 0 Å². The van der Waals surface area contributed by atoms with Crippen molar-refractivity contribution in [2.45, 2.75) is 52.2 Å². The van der Waals surface area contributed by atoms with E-state index in [1.165, 1.54) is 0 Å². The number of likely N-dealkylation sites (tertiary alicyclic amines) is 1. The number of amides is 1. The summed E-state index contributed by atoms with van der Waals surface area (Å²) in [4.78, 5) is 26.0. The van der Waals surface area contributed by atoms with E-state index < -0.39 is 11.6 Å². The lowest BCUT2D eigenvalue weighted by molar-refractivity contribution is -0.152. The third-order valence-corrected chi connectivity index (χ3v) is 4.64. The molecule has 0 radical (unpaired) electrons. The number of hydrogen-bond acceptors (Lipinski definition) is 5. The quantitative estimate of drug-likeness (QED) is 0.639. The Morgan fingerprint density at radius 1 is 1.32 bits per heavy atom. The van der Waals surface area contributed by atoms with Crippen LogP contribution in [0.4, 0.5) is 4.79 Å². The molecule has 28 heavy (non-hydrogen) atoms. The molecule has 0 N–H and O–H groups in total. The molecule has 0 unspecified atom stereocenters. The van der Waals surface area contributed by atoms with Gasteiger partial charge in [0.1, 0.15) is 12.2 Å². The van der Waals surface area contributed by atoms with E-state index in [0.29, 0.717) is 24.7 Å². The molecule has 6 nitrogen and oxygen atoms in total. The number of nitrogens with zero attached hydrogens (tertiary/aromatic N) is 1. The van der Waals surface area contributed by atoms with Crippen molar-refractivity contribution < 1.29 is 23.8 Å². The Kier molecular flexibility index (Phi) is 8.13. The number of hydrogen-bond donors (Lipinski definition) is 0. The van der Waals surface area contributed by atoms with Crippen LogP contribution in [0, 0.1) is 5.92 Å². The first-order valence-electron chi connectivity index (χ1n) is 9.70. The monoisotopic (exact) mass is 411 g/mol. The van der Waals surface area contributed by atoms with Crippen LogP contribution in [0.2, 0.25) is 5.02 Å². The molecule has 1 amide bonds. The first-order valence-corrected chi connectivity index (χ1v) is 10.1. The second kappa shape index (κ2) is 10.1. The van der Waals surface area contributed by atoms with Gasteiger partial charge in [-0.2, -0.15) is 0 Å². The zero-order chi connectivity index (χ0) is 20.7. The number of carbonyl (C=O) groups excluding carboxylic acids is 2. The Balaban J connectivity index is 2.14. The number of rotatable bonds is 6. The molecule has 7 heteroatoms. The van der Waals surface area contributed by atoms with E-state index in [1.807, 2.05) is 39.0 Å². The summed E-state index contributed by atoms with van der Waals surface area (Å²) in [6.45, 7) is 8.61. The molecule has 1 fully saturated rings. The lowest BCUT2D eigenvalue weighted by Gasteiger charge is -2.37. The van der Waals surface area contributed by atoms with Crippen molar-refractivity contribution in [1.82, 2.24) is 4.90 Å². The maximum atomic E-state index is 12.5. The van der Waals surface area contributed by atoms with Crippen LogP contribution in [0.3, 0.4) is 0 Å². The van der Waals surface area contributed by atoms with E-state index in [4.69, 9.17) is 25.8 Å². The molecule has 0 saturated carbocycles. The third-order valence-electron chi connectivity index (χ3n) is 4.40. The van der Waals surface area contributed by atoms with E-state index in [2.05, 4.69) is 0 Å². The van der Waals surface area contributed by atoms with Gasteiger partial charge in [-0.1, -0.05) is 23.7 Å². The van der Waals surface area contributed by atoms with Crippen LogP contribution in [0.25, 0.3) is 0 Å². The second-order valence-corrected chi connectivity index (χ2v) is 8.36. The van der Waals surface area contributed by atoms with Crippen molar-refractivity contribution >= 4 is 23.7 Å². The summed E-state index contributed by atoms with van der Waals surface area (Å²) in [5, 5.41) is 0.599. The first-order chi connectivity index (χ1) is 13.2. The van der Waals surface area contributed by atoms with Crippen LogP contribution in [0.5, 0.6) is 0 Å². The van der Waals surface area contributed by atoms with Crippen LogP contribution in [-0.4, -0.2) is 48.9 Å². The zero-order valence-corrected chi connectivity index (χ0v) is 17.8. The van der Waals surface area contributed by atoms with Crippen molar-refractivity contribution in [2.24, 2.45) is 5.92 Å². The topological polar surface area (TPSA) is 65.1 Å². The first kappa shape index (κ1) is 22.5. The summed E-state index contributed by atoms with van der Waals surface area (Å²) in [5.41, 5.74) is 0.337. The van der Waals surface area contributed by atoms with E-state index in [0.717, 1.165) is 18.4 Å². The summed E-state index contributed by atoms with van der Waals surface area (Å²) in [6, 6.07) is 7.41. The lowest BCUT2D eigenvalue weighted by atomic mass is 9.88. The highest BCUT2D eigenvalue weighted by atomic mass is 35.5. The largest absolute Gasteiger partial charge is 0.464 e. The van der Waals surface area contributed by atoms with Gasteiger partial charge in [-0.05, 0) is 58.2 Å². The predicted molar refractivity (Wildman–Crippen MR) is 107 cm³/mol. The Morgan fingerprint density at radius 2 is 2.07 bits per heavy atom.